The van der Waals surface area contributed by atoms with Crippen LogP contribution in [0.2, 0.25) is 0 Å². The van der Waals surface area contributed by atoms with Crippen LogP contribution in [0.15, 0.2) is 18.6 Å². The quantitative estimate of drug-likeness (QED) is 0.839. The average molecular weight is 243 g/mol. The Labute approximate surface area is 103 Å². The Bertz CT molecular complexity index is 287. The zero-order valence-electron chi connectivity index (χ0n) is 9.52. The van der Waals surface area contributed by atoms with Crippen LogP contribution in [0.5, 0.6) is 0 Å². The first-order valence-corrected chi connectivity index (χ1v) is 5.59. The number of rotatable bonds is 3. The Kier molecular flexibility index (Phi) is 5.66. The summed E-state index contributed by atoms with van der Waals surface area (Å²) in [5.74, 6) is 0. The summed E-state index contributed by atoms with van der Waals surface area (Å²) in [6.45, 7) is 4.35. The van der Waals surface area contributed by atoms with Gasteiger partial charge < -0.3 is 10.6 Å². The number of hydrogen-bond acceptors (Lipinski definition) is 4. The second kappa shape index (κ2) is 6.78. The third-order valence-corrected chi connectivity index (χ3v) is 2.81. The number of hydrogen-bond donors (Lipinski definition) is 2. The van der Waals surface area contributed by atoms with Gasteiger partial charge in [0, 0.05) is 37.2 Å². The zero-order valence-corrected chi connectivity index (χ0v) is 10.3. The van der Waals surface area contributed by atoms with Gasteiger partial charge in [-0.3, -0.25) is 9.97 Å². The third kappa shape index (κ3) is 3.70. The highest BCUT2D eigenvalue weighted by Gasteiger charge is 2.16. The van der Waals surface area contributed by atoms with Gasteiger partial charge in [-0.2, -0.15) is 0 Å². The molecule has 1 aromatic heterocycles. The van der Waals surface area contributed by atoms with Gasteiger partial charge in [-0.25, -0.2) is 0 Å². The Hall–Kier alpha value is -0.710. The number of nitrogens with one attached hydrogen (secondary N) is 2. The van der Waals surface area contributed by atoms with Gasteiger partial charge in [0.1, 0.15) is 0 Å². The molecule has 2 unspecified atom stereocenters. The maximum absolute atomic E-state index is 4.30. The third-order valence-electron chi connectivity index (χ3n) is 2.81. The van der Waals surface area contributed by atoms with Crippen molar-refractivity contribution in [2.75, 3.05) is 13.1 Å². The second-order valence-electron chi connectivity index (χ2n) is 4.06. The lowest BCUT2D eigenvalue weighted by Crippen LogP contribution is -2.44. The summed E-state index contributed by atoms with van der Waals surface area (Å²) in [4.78, 5) is 8.38. The smallest absolute Gasteiger partial charge is 0.0753 e. The fraction of sp³-hybridized carbons (Fsp3) is 0.636. The van der Waals surface area contributed by atoms with Crippen LogP contribution in [-0.4, -0.2) is 29.1 Å². The predicted molar refractivity (Wildman–Crippen MR) is 66.7 cm³/mol. The average Bonchev–Trinajstić information content (AvgIpc) is 2.31. The van der Waals surface area contributed by atoms with Crippen LogP contribution in [0.1, 0.15) is 31.5 Å². The van der Waals surface area contributed by atoms with E-state index in [1.165, 1.54) is 12.8 Å². The van der Waals surface area contributed by atoms with Crippen molar-refractivity contribution in [3.63, 3.8) is 0 Å². The molecule has 1 saturated heterocycles. The number of halogens is 1. The van der Waals surface area contributed by atoms with Gasteiger partial charge in [-0.15, -0.1) is 12.4 Å². The first-order valence-electron chi connectivity index (χ1n) is 5.59. The number of piperidine rings is 1. The monoisotopic (exact) mass is 242 g/mol. The van der Waals surface area contributed by atoms with Crippen molar-refractivity contribution in [2.24, 2.45) is 0 Å². The van der Waals surface area contributed by atoms with Crippen molar-refractivity contribution >= 4 is 12.4 Å². The second-order valence-corrected chi connectivity index (χ2v) is 4.06. The van der Waals surface area contributed by atoms with E-state index in [2.05, 4.69) is 27.5 Å². The molecule has 1 aliphatic heterocycles. The van der Waals surface area contributed by atoms with Gasteiger partial charge in [-0.1, -0.05) is 0 Å². The molecule has 16 heavy (non-hydrogen) atoms. The lowest BCUT2D eigenvalue weighted by atomic mass is 10.1. The highest BCUT2D eigenvalue weighted by molar-refractivity contribution is 5.85. The number of aromatic nitrogens is 2. The molecule has 0 radical (unpaired) electrons. The molecule has 0 amide bonds. The Morgan fingerprint density at radius 2 is 2.38 bits per heavy atom. The summed E-state index contributed by atoms with van der Waals surface area (Å²) in [6.07, 6.45) is 7.78. The molecule has 1 fully saturated rings. The maximum atomic E-state index is 4.30. The van der Waals surface area contributed by atoms with Crippen molar-refractivity contribution in [3.8, 4) is 0 Å². The van der Waals surface area contributed by atoms with Gasteiger partial charge >= 0.3 is 0 Å². The van der Waals surface area contributed by atoms with Crippen molar-refractivity contribution in [3.05, 3.63) is 24.3 Å². The van der Waals surface area contributed by atoms with E-state index in [4.69, 9.17) is 0 Å². The van der Waals surface area contributed by atoms with Gasteiger partial charge in [0.2, 0.25) is 0 Å². The SMILES string of the molecule is CC(NC1CCCNC1)c1cnccn1.Cl. The van der Waals surface area contributed by atoms with E-state index in [-0.39, 0.29) is 18.4 Å². The van der Waals surface area contributed by atoms with Crippen LogP contribution in [0, 0.1) is 0 Å². The summed E-state index contributed by atoms with van der Waals surface area (Å²) >= 11 is 0. The summed E-state index contributed by atoms with van der Waals surface area (Å²) in [6, 6.07) is 0.847. The molecule has 2 rings (SSSR count). The lowest BCUT2D eigenvalue weighted by Gasteiger charge is -2.26. The molecular formula is C11H19ClN4. The number of nitrogens with zero attached hydrogens (tertiary/aromatic N) is 2. The van der Waals surface area contributed by atoms with E-state index >= 15 is 0 Å². The molecule has 2 atom stereocenters. The zero-order chi connectivity index (χ0) is 10.5. The highest BCUT2D eigenvalue weighted by atomic mass is 35.5. The normalized spacial score (nSPS) is 22.2. The minimum atomic E-state index is 0. The Balaban J connectivity index is 0.00000128. The molecule has 0 aromatic carbocycles. The molecule has 2 heterocycles. The van der Waals surface area contributed by atoms with Gasteiger partial charge in [0.05, 0.1) is 5.69 Å². The van der Waals surface area contributed by atoms with Crippen molar-refractivity contribution in [2.45, 2.75) is 31.8 Å². The largest absolute Gasteiger partial charge is 0.315 e. The van der Waals surface area contributed by atoms with Crippen LogP contribution in [0.4, 0.5) is 0 Å². The van der Waals surface area contributed by atoms with Crippen molar-refractivity contribution in [1.29, 1.82) is 0 Å². The van der Waals surface area contributed by atoms with E-state index in [1.54, 1.807) is 12.4 Å². The molecule has 0 spiro atoms. The predicted octanol–water partition coefficient (Wildman–Crippen LogP) is 1.30. The minimum absolute atomic E-state index is 0. The van der Waals surface area contributed by atoms with Crippen LogP contribution in [0.25, 0.3) is 0 Å². The summed E-state index contributed by atoms with van der Waals surface area (Å²) < 4.78 is 0. The molecule has 90 valence electrons. The minimum Gasteiger partial charge on any atom is -0.315 e. The summed E-state index contributed by atoms with van der Waals surface area (Å²) in [5, 5.41) is 6.96. The first kappa shape index (κ1) is 13.4. The van der Waals surface area contributed by atoms with E-state index in [0.29, 0.717) is 6.04 Å². The molecule has 2 N–H and O–H groups in total. The molecule has 4 nitrogen and oxygen atoms in total. The molecule has 0 bridgehead atoms. The topological polar surface area (TPSA) is 49.8 Å². The van der Waals surface area contributed by atoms with Crippen molar-refractivity contribution < 1.29 is 0 Å². The van der Waals surface area contributed by atoms with Crippen LogP contribution >= 0.6 is 12.4 Å². The molecule has 1 aromatic rings. The highest BCUT2D eigenvalue weighted by Crippen LogP contribution is 2.11. The van der Waals surface area contributed by atoms with E-state index < -0.39 is 0 Å². The fourth-order valence-electron chi connectivity index (χ4n) is 1.97. The molecule has 0 saturated carbocycles. The molecule has 0 aliphatic carbocycles. The van der Waals surface area contributed by atoms with Crippen LogP contribution in [-0.2, 0) is 0 Å². The maximum Gasteiger partial charge on any atom is 0.0753 e. The Morgan fingerprint density at radius 1 is 1.50 bits per heavy atom. The van der Waals surface area contributed by atoms with Gasteiger partial charge in [0.15, 0.2) is 0 Å². The van der Waals surface area contributed by atoms with E-state index in [9.17, 15) is 0 Å². The fourth-order valence-corrected chi connectivity index (χ4v) is 1.97. The molecule has 5 heteroatoms. The summed E-state index contributed by atoms with van der Waals surface area (Å²) in [7, 11) is 0. The Morgan fingerprint density at radius 3 is 3.00 bits per heavy atom. The van der Waals surface area contributed by atoms with Crippen molar-refractivity contribution in [1.82, 2.24) is 20.6 Å². The summed E-state index contributed by atoms with van der Waals surface area (Å²) in [5.41, 5.74) is 1.02. The van der Waals surface area contributed by atoms with Gasteiger partial charge in [0.25, 0.3) is 0 Å². The first-order chi connectivity index (χ1) is 7.36. The van der Waals surface area contributed by atoms with E-state index in [0.717, 1.165) is 18.8 Å². The lowest BCUT2D eigenvalue weighted by molar-refractivity contribution is 0.359. The standard InChI is InChI=1S/C11H18N4.ClH/c1-9(11-8-13-5-6-14-11)15-10-3-2-4-12-7-10;/h5-6,8-10,12,15H,2-4,7H2,1H3;1H. The van der Waals surface area contributed by atoms with Crippen LogP contribution in [0.3, 0.4) is 0 Å². The van der Waals surface area contributed by atoms with E-state index in [1.807, 2.05) is 6.20 Å². The molecule has 1 aliphatic rings. The molecular weight excluding hydrogens is 224 g/mol. The van der Waals surface area contributed by atoms with Crippen LogP contribution < -0.4 is 10.6 Å². The van der Waals surface area contributed by atoms with Gasteiger partial charge in [-0.05, 0) is 26.3 Å².